The minimum absolute atomic E-state index is 0.0582. The zero-order chi connectivity index (χ0) is 14.0. The summed E-state index contributed by atoms with van der Waals surface area (Å²) in [5.74, 6) is 0.840. The van der Waals surface area contributed by atoms with E-state index >= 15 is 0 Å². The van der Waals surface area contributed by atoms with E-state index in [9.17, 15) is 8.42 Å². The van der Waals surface area contributed by atoms with Crippen molar-refractivity contribution in [2.24, 2.45) is 5.73 Å². The van der Waals surface area contributed by atoms with E-state index in [0.717, 1.165) is 0 Å². The quantitative estimate of drug-likeness (QED) is 0.810. The summed E-state index contributed by atoms with van der Waals surface area (Å²) in [7, 11) is -3.53. The van der Waals surface area contributed by atoms with Crippen LogP contribution in [-0.4, -0.2) is 27.2 Å². The van der Waals surface area contributed by atoms with Crippen LogP contribution in [0, 0.1) is 6.92 Å². The summed E-state index contributed by atoms with van der Waals surface area (Å²) in [5, 5.41) is 0. The highest BCUT2D eigenvalue weighted by Crippen LogP contribution is 2.26. The second-order valence-electron chi connectivity index (χ2n) is 4.70. The van der Waals surface area contributed by atoms with Gasteiger partial charge in [-0.3, -0.25) is 0 Å². The number of nitrogens with two attached hydrogens (primary N) is 1. The van der Waals surface area contributed by atoms with Gasteiger partial charge in [0, 0.05) is 18.7 Å². The fourth-order valence-electron chi connectivity index (χ4n) is 2.21. The summed E-state index contributed by atoms with van der Waals surface area (Å²) in [6, 6.07) is 1.42. The average molecular weight is 288 g/mol. The van der Waals surface area contributed by atoms with E-state index in [1.165, 1.54) is 6.07 Å². The largest absolute Gasteiger partial charge is 0.464 e. The van der Waals surface area contributed by atoms with Crippen LogP contribution in [0.15, 0.2) is 15.4 Å². The van der Waals surface area contributed by atoms with E-state index in [2.05, 4.69) is 4.72 Å². The molecule has 0 bridgehead atoms. The summed E-state index contributed by atoms with van der Waals surface area (Å²) in [6.07, 6.45) is 1.60. The molecule has 7 heteroatoms. The fraction of sp³-hybridized carbons (Fsp3) is 0.667. The van der Waals surface area contributed by atoms with E-state index < -0.39 is 10.0 Å². The Morgan fingerprint density at radius 3 is 2.74 bits per heavy atom. The van der Waals surface area contributed by atoms with Crippen LogP contribution in [-0.2, 0) is 21.3 Å². The van der Waals surface area contributed by atoms with Crippen molar-refractivity contribution in [3.05, 3.63) is 17.6 Å². The third kappa shape index (κ3) is 3.17. The Labute approximate surface area is 113 Å². The monoisotopic (exact) mass is 288 g/mol. The van der Waals surface area contributed by atoms with Gasteiger partial charge >= 0.3 is 0 Å². The first kappa shape index (κ1) is 14.5. The molecule has 1 aromatic heterocycles. The summed E-state index contributed by atoms with van der Waals surface area (Å²) >= 11 is 0. The van der Waals surface area contributed by atoms with Crippen molar-refractivity contribution in [3.8, 4) is 0 Å². The molecule has 1 fully saturated rings. The minimum atomic E-state index is -3.53. The summed E-state index contributed by atoms with van der Waals surface area (Å²) in [5.41, 5.74) is 5.44. The molecule has 1 aliphatic carbocycles. The molecule has 2 rings (SSSR count). The van der Waals surface area contributed by atoms with E-state index in [1.54, 1.807) is 6.92 Å². The van der Waals surface area contributed by atoms with Crippen LogP contribution in [0.3, 0.4) is 0 Å². The fourth-order valence-corrected chi connectivity index (χ4v) is 3.67. The second kappa shape index (κ2) is 5.62. The molecule has 6 nitrogen and oxygen atoms in total. The summed E-state index contributed by atoms with van der Waals surface area (Å²) in [4.78, 5) is 0.174. The minimum Gasteiger partial charge on any atom is -0.464 e. The van der Waals surface area contributed by atoms with Crippen LogP contribution in [0.1, 0.15) is 31.3 Å². The summed E-state index contributed by atoms with van der Waals surface area (Å²) < 4.78 is 37.7. The van der Waals surface area contributed by atoms with Crippen LogP contribution in [0.2, 0.25) is 0 Å². The third-order valence-electron chi connectivity index (χ3n) is 3.23. The standard InChI is InChI=1S/C12H20N2O4S/c1-3-17-10-4-9(5-10)14-19(15,16)12-6-11(7-13)18-8(12)2/h6,9-10,14H,3-5,7,13H2,1-2H3. The van der Waals surface area contributed by atoms with Crippen LogP contribution in [0.4, 0.5) is 0 Å². The van der Waals surface area contributed by atoms with Gasteiger partial charge in [0.25, 0.3) is 0 Å². The molecule has 1 saturated carbocycles. The highest BCUT2D eigenvalue weighted by Gasteiger charge is 2.34. The molecule has 19 heavy (non-hydrogen) atoms. The van der Waals surface area contributed by atoms with Gasteiger partial charge in [-0.1, -0.05) is 0 Å². The number of sulfonamides is 1. The van der Waals surface area contributed by atoms with Gasteiger partial charge in [-0.15, -0.1) is 0 Å². The van der Waals surface area contributed by atoms with Crippen LogP contribution in [0.25, 0.3) is 0 Å². The van der Waals surface area contributed by atoms with Crippen LogP contribution in [0.5, 0.6) is 0 Å². The van der Waals surface area contributed by atoms with Gasteiger partial charge in [-0.25, -0.2) is 13.1 Å². The van der Waals surface area contributed by atoms with Gasteiger partial charge < -0.3 is 14.9 Å². The Hall–Kier alpha value is -0.890. The number of hydrogen-bond donors (Lipinski definition) is 2. The molecule has 0 aromatic carbocycles. The zero-order valence-electron chi connectivity index (χ0n) is 11.2. The topological polar surface area (TPSA) is 94.6 Å². The van der Waals surface area contributed by atoms with Gasteiger partial charge in [-0.2, -0.15) is 0 Å². The van der Waals surface area contributed by atoms with E-state index in [4.69, 9.17) is 14.9 Å². The highest BCUT2D eigenvalue weighted by atomic mass is 32.2. The van der Waals surface area contributed by atoms with Crippen molar-refractivity contribution in [2.45, 2.75) is 50.3 Å². The molecule has 1 aromatic rings. The molecule has 108 valence electrons. The lowest BCUT2D eigenvalue weighted by Crippen LogP contribution is -2.47. The smallest absolute Gasteiger partial charge is 0.244 e. The number of aryl methyl sites for hydroxylation is 1. The van der Waals surface area contributed by atoms with Crippen LogP contribution < -0.4 is 10.5 Å². The van der Waals surface area contributed by atoms with Crippen molar-refractivity contribution in [1.82, 2.24) is 4.72 Å². The van der Waals surface area contributed by atoms with Gasteiger partial charge in [0.1, 0.15) is 16.4 Å². The van der Waals surface area contributed by atoms with Crippen LogP contribution >= 0.6 is 0 Å². The zero-order valence-corrected chi connectivity index (χ0v) is 12.0. The lowest BCUT2D eigenvalue weighted by molar-refractivity contribution is -0.00476. The maximum absolute atomic E-state index is 12.2. The summed E-state index contributed by atoms with van der Waals surface area (Å²) in [6.45, 7) is 4.40. The molecule has 0 saturated heterocycles. The van der Waals surface area contributed by atoms with E-state index in [-0.39, 0.29) is 23.6 Å². The molecule has 1 heterocycles. The van der Waals surface area contributed by atoms with Gasteiger partial charge in [0.05, 0.1) is 12.6 Å². The van der Waals surface area contributed by atoms with Crippen molar-refractivity contribution in [1.29, 1.82) is 0 Å². The van der Waals surface area contributed by atoms with E-state index in [1.807, 2.05) is 6.92 Å². The third-order valence-corrected chi connectivity index (χ3v) is 4.86. The maximum atomic E-state index is 12.2. The van der Waals surface area contributed by atoms with Gasteiger partial charge in [-0.05, 0) is 26.7 Å². The number of hydrogen-bond acceptors (Lipinski definition) is 5. The Morgan fingerprint density at radius 1 is 1.53 bits per heavy atom. The highest BCUT2D eigenvalue weighted by molar-refractivity contribution is 7.89. The number of ether oxygens (including phenoxy) is 1. The number of furan rings is 1. The molecule has 0 spiro atoms. The molecule has 0 amide bonds. The molecule has 0 aliphatic heterocycles. The SMILES string of the molecule is CCOC1CC(NS(=O)(=O)c2cc(CN)oc2C)C1. The van der Waals surface area contributed by atoms with Crippen molar-refractivity contribution in [2.75, 3.05) is 6.61 Å². The molecular weight excluding hydrogens is 268 g/mol. The molecule has 0 radical (unpaired) electrons. The average Bonchev–Trinajstić information content (AvgIpc) is 2.68. The Balaban J connectivity index is 2.01. The predicted octanol–water partition coefficient (Wildman–Crippen LogP) is 0.893. The molecule has 1 aliphatic rings. The molecule has 0 unspecified atom stereocenters. The normalized spacial score (nSPS) is 23.3. The second-order valence-corrected chi connectivity index (χ2v) is 6.39. The lowest BCUT2D eigenvalue weighted by atomic mass is 9.90. The van der Waals surface area contributed by atoms with Crippen molar-refractivity contribution >= 4 is 10.0 Å². The molecular formula is C12H20N2O4S. The number of rotatable bonds is 6. The van der Waals surface area contributed by atoms with Gasteiger partial charge in [0.15, 0.2) is 0 Å². The lowest BCUT2D eigenvalue weighted by Gasteiger charge is -2.34. The maximum Gasteiger partial charge on any atom is 0.244 e. The Morgan fingerprint density at radius 2 is 2.21 bits per heavy atom. The molecule has 3 N–H and O–H groups in total. The first-order valence-corrected chi connectivity index (χ1v) is 7.88. The van der Waals surface area contributed by atoms with E-state index in [0.29, 0.717) is 31.0 Å². The van der Waals surface area contributed by atoms with Crippen molar-refractivity contribution in [3.63, 3.8) is 0 Å². The van der Waals surface area contributed by atoms with Gasteiger partial charge in [0.2, 0.25) is 10.0 Å². The molecule has 0 atom stereocenters. The Kier molecular flexibility index (Phi) is 4.29. The predicted molar refractivity (Wildman–Crippen MR) is 70.1 cm³/mol. The number of nitrogens with one attached hydrogen (secondary N) is 1. The first-order valence-electron chi connectivity index (χ1n) is 6.39. The van der Waals surface area contributed by atoms with Crippen molar-refractivity contribution < 1.29 is 17.6 Å². The Bertz CT molecular complexity index is 532. The first-order chi connectivity index (χ1) is 8.96.